The van der Waals surface area contributed by atoms with Crippen molar-refractivity contribution in [1.82, 2.24) is 5.32 Å². The first-order valence-corrected chi connectivity index (χ1v) is 10.5. The van der Waals surface area contributed by atoms with E-state index in [-0.39, 0.29) is 18.4 Å². The molecule has 0 unspecified atom stereocenters. The average molecular weight is 477 g/mol. The van der Waals surface area contributed by atoms with Crippen LogP contribution in [-0.4, -0.2) is 45.7 Å². The zero-order valence-electron chi connectivity index (χ0n) is 16.1. The topological polar surface area (TPSA) is 67.9 Å². The lowest BCUT2D eigenvalue weighted by atomic mass is 10.2. The van der Waals surface area contributed by atoms with Crippen LogP contribution in [0.5, 0.6) is 5.75 Å². The van der Waals surface area contributed by atoms with Gasteiger partial charge in [0, 0.05) is 18.6 Å². The standard InChI is InChI=1S/C21H21BrN2O4S/c1-27-10-9-23-20(25)13-24-16-5-3-4-6-18(16)29-19(21(24)26)12-14-7-8-17(28-2)15(22)11-14/h3-8,11-12H,9-10,13H2,1-2H3,(H,23,25)/b19-12+. The number of hydrogen-bond acceptors (Lipinski definition) is 5. The Morgan fingerprint density at radius 1 is 1.24 bits per heavy atom. The number of hydrogen-bond donors (Lipinski definition) is 1. The zero-order chi connectivity index (χ0) is 20.8. The number of para-hydroxylation sites is 1. The number of nitrogens with one attached hydrogen (secondary N) is 1. The number of amides is 2. The molecule has 0 spiro atoms. The van der Waals surface area contributed by atoms with Crippen LogP contribution < -0.4 is 15.0 Å². The van der Waals surface area contributed by atoms with Crippen molar-refractivity contribution >= 4 is 51.3 Å². The molecule has 6 nitrogen and oxygen atoms in total. The summed E-state index contributed by atoms with van der Waals surface area (Å²) >= 11 is 4.87. The number of ether oxygens (including phenoxy) is 2. The van der Waals surface area contributed by atoms with Gasteiger partial charge in [0.15, 0.2) is 0 Å². The maximum atomic E-state index is 13.2. The first-order valence-electron chi connectivity index (χ1n) is 8.93. The molecule has 0 radical (unpaired) electrons. The molecule has 0 saturated carbocycles. The van der Waals surface area contributed by atoms with E-state index >= 15 is 0 Å². The van der Waals surface area contributed by atoms with Gasteiger partial charge in [-0.2, -0.15) is 0 Å². The van der Waals surface area contributed by atoms with Crippen LogP contribution in [0.4, 0.5) is 5.69 Å². The van der Waals surface area contributed by atoms with Gasteiger partial charge in [-0.25, -0.2) is 0 Å². The molecule has 152 valence electrons. The number of anilines is 1. The number of thioether (sulfide) groups is 1. The summed E-state index contributed by atoms with van der Waals surface area (Å²) < 4.78 is 11.0. The van der Waals surface area contributed by atoms with Crippen molar-refractivity contribution < 1.29 is 19.1 Å². The fraction of sp³-hybridized carbons (Fsp3) is 0.238. The van der Waals surface area contributed by atoms with Crippen molar-refractivity contribution in [3.63, 3.8) is 0 Å². The van der Waals surface area contributed by atoms with Crippen LogP contribution in [0.15, 0.2) is 56.7 Å². The molecule has 0 atom stereocenters. The van der Waals surface area contributed by atoms with Crippen LogP contribution in [0.2, 0.25) is 0 Å². The van der Waals surface area contributed by atoms with Crippen molar-refractivity contribution in [3.05, 3.63) is 57.4 Å². The molecule has 0 aromatic heterocycles. The monoisotopic (exact) mass is 476 g/mol. The number of carbonyl (C=O) groups is 2. The Labute approximate surface area is 182 Å². The molecule has 0 bridgehead atoms. The number of benzene rings is 2. The fourth-order valence-corrected chi connectivity index (χ4v) is 4.45. The second-order valence-electron chi connectivity index (χ2n) is 6.21. The maximum absolute atomic E-state index is 13.2. The lowest BCUT2D eigenvalue weighted by Gasteiger charge is -2.29. The minimum atomic E-state index is -0.233. The third-order valence-corrected chi connectivity index (χ3v) is 5.93. The molecular weight excluding hydrogens is 456 g/mol. The van der Waals surface area contributed by atoms with Crippen molar-refractivity contribution in [3.8, 4) is 5.75 Å². The minimum Gasteiger partial charge on any atom is -0.496 e. The molecule has 1 N–H and O–H groups in total. The fourth-order valence-electron chi connectivity index (χ4n) is 2.83. The Hall–Kier alpha value is -2.29. The first kappa shape index (κ1) is 21.4. The predicted molar refractivity (Wildman–Crippen MR) is 118 cm³/mol. The number of methoxy groups -OCH3 is 2. The SMILES string of the molecule is COCCNC(=O)CN1C(=O)/C(=C\c2ccc(OC)c(Br)c2)Sc2ccccc21. The van der Waals surface area contributed by atoms with Gasteiger partial charge in [0.2, 0.25) is 5.91 Å². The molecule has 29 heavy (non-hydrogen) atoms. The highest BCUT2D eigenvalue weighted by atomic mass is 79.9. The van der Waals surface area contributed by atoms with E-state index in [0.29, 0.717) is 18.1 Å². The van der Waals surface area contributed by atoms with Gasteiger partial charge in [-0.05, 0) is 51.8 Å². The second kappa shape index (κ2) is 9.96. The lowest BCUT2D eigenvalue weighted by Crippen LogP contribution is -2.43. The number of carbonyl (C=O) groups excluding carboxylic acids is 2. The summed E-state index contributed by atoms with van der Waals surface area (Å²) in [5.41, 5.74) is 1.59. The highest BCUT2D eigenvalue weighted by Crippen LogP contribution is 2.42. The van der Waals surface area contributed by atoms with E-state index in [1.165, 1.54) is 16.7 Å². The Morgan fingerprint density at radius 2 is 2.03 bits per heavy atom. The van der Waals surface area contributed by atoms with Gasteiger partial charge in [0.1, 0.15) is 12.3 Å². The summed E-state index contributed by atoms with van der Waals surface area (Å²) in [5.74, 6) is 0.278. The summed E-state index contributed by atoms with van der Waals surface area (Å²) in [6.45, 7) is 0.768. The van der Waals surface area contributed by atoms with E-state index in [2.05, 4.69) is 21.2 Å². The van der Waals surface area contributed by atoms with Gasteiger partial charge in [0.25, 0.3) is 5.91 Å². The lowest BCUT2D eigenvalue weighted by molar-refractivity contribution is -0.122. The van der Waals surface area contributed by atoms with E-state index in [0.717, 1.165) is 26.4 Å². The van der Waals surface area contributed by atoms with Crippen LogP contribution in [0, 0.1) is 0 Å². The molecule has 2 aromatic carbocycles. The molecule has 2 amide bonds. The van der Waals surface area contributed by atoms with E-state index < -0.39 is 0 Å². The van der Waals surface area contributed by atoms with Gasteiger partial charge in [-0.1, -0.05) is 30.0 Å². The third-order valence-electron chi connectivity index (χ3n) is 4.24. The normalized spacial score (nSPS) is 14.7. The Balaban J connectivity index is 1.88. The summed E-state index contributed by atoms with van der Waals surface area (Å²) in [4.78, 5) is 28.5. The number of nitrogens with zero attached hydrogens (tertiary/aromatic N) is 1. The highest BCUT2D eigenvalue weighted by Gasteiger charge is 2.30. The predicted octanol–water partition coefficient (Wildman–Crippen LogP) is 3.70. The summed E-state index contributed by atoms with van der Waals surface area (Å²) in [6, 6.07) is 13.2. The molecule has 0 fully saturated rings. The second-order valence-corrected chi connectivity index (χ2v) is 8.14. The Morgan fingerprint density at radius 3 is 2.76 bits per heavy atom. The average Bonchev–Trinajstić information content (AvgIpc) is 2.71. The molecule has 1 aliphatic heterocycles. The van der Waals surface area contributed by atoms with E-state index in [4.69, 9.17) is 9.47 Å². The van der Waals surface area contributed by atoms with Crippen molar-refractivity contribution in [2.24, 2.45) is 0 Å². The Bertz CT molecular complexity index is 948. The largest absolute Gasteiger partial charge is 0.496 e. The van der Waals surface area contributed by atoms with E-state index in [9.17, 15) is 9.59 Å². The molecular formula is C21H21BrN2O4S. The quantitative estimate of drug-likeness (QED) is 0.487. The molecule has 3 rings (SSSR count). The van der Waals surface area contributed by atoms with Crippen molar-refractivity contribution in [1.29, 1.82) is 0 Å². The molecule has 0 saturated heterocycles. The van der Waals surface area contributed by atoms with Gasteiger partial charge in [-0.15, -0.1) is 0 Å². The van der Waals surface area contributed by atoms with Crippen LogP contribution in [-0.2, 0) is 14.3 Å². The molecule has 8 heteroatoms. The van der Waals surface area contributed by atoms with E-state index in [1.54, 1.807) is 14.2 Å². The maximum Gasteiger partial charge on any atom is 0.265 e. The van der Waals surface area contributed by atoms with Crippen LogP contribution >= 0.6 is 27.7 Å². The van der Waals surface area contributed by atoms with Crippen LogP contribution in [0.3, 0.4) is 0 Å². The van der Waals surface area contributed by atoms with Gasteiger partial charge in [0.05, 0.1) is 28.8 Å². The zero-order valence-corrected chi connectivity index (χ0v) is 18.5. The number of halogens is 1. The molecule has 0 aliphatic carbocycles. The van der Waals surface area contributed by atoms with Crippen molar-refractivity contribution in [2.75, 3.05) is 38.8 Å². The summed E-state index contributed by atoms with van der Waals surface area (Å²) in [5, 5.41) is 2.76. The Kier molecular flexibility index (Phi) is 7.35. The minimum absolute atomic E-state index is 0.0518. The molecule has 2 aromatic rings. The van der Waals surface area contributed by atoms with Crippen LogP contribution in [0.25, 0.3) is 6.08 Å². The third kappa shape index (κ3) is 5.20. The van der Waals surface area contributed by atoms with E-state index in [1.807, 2.05) is 48.5 Å². The van der Waals surface area contributed by atoms with Gasteiger partial charge >= 0.3 is 0 Å². The summed E-state index contributed by atoms with van der Waals surface area (Å²) in [6.07, 6.45) is 1.82. The number of fused-ring (bicyclic) bond motifs is 1. The summed E-state index contributed by atoms with van der Waals surface area (Å²) in [7, 11) is 3.17. The van der Waals surface area contributed by atoms with Crippen molar-refractivity contribution in [2.45, 2.75) is 4.90 Å². The van der Waals surface area contributed by atoms with Gasteiger partial charge in [-0.3, -0.25) is 14.5 Å². The number of rotatable bonds is 7. The first-order chi connectivity index (χ1) is 14.0. The smallest absolute Gasteiger partial charge is 0.265 e. The van der Waals surface area contributed by atoms with Gasteiger partial charge < -0.3 is 14.8 Å². The highest BCUT2D eigenvalue weighted by molar-refractivity contribution is 9.10. The molecule has 1 aliphatic rings. The molecule has 1 heterocycles. The van der Waals surface area contributed by atoms with Crippen LogP contribution in [0.1, 0.15) is 5.56 Å².